The van der Waals surface area contributed by atoms with E-state index in [1.807, 2.05) is 6.92 Å². The van der Waals surface area contributed by atoms with Gasteiger partial charge in [0.1, 0.15) is 0 Å². The van der Waals surface area contributed by atoms with Gasteiger partial charge in [-0.25, -0.2) is 4.98 Å². The molecule has 1 heterocycles. The van der Waals surface area contributed by atoms with E-state index in [0.29, 0.717) is 0 Å². The average Bonchev–Trinajstić information content (AvgIpc) is 2.73. The molecular weight excluding hydrogens is 230 g/mol. The maximum atomic E-state index is 10.0. The van der Waals surface area contributed by atoms with Crippen molar-refractivity contribution in [3.05, 3.63) is 16.1 Å². The first-order valence-electron chi connectivity index (χ1n) is 6.83. The number of hydrogen-bond acceptors (Lipinski definition) is 3. The second kappa shape index (κ2) is 6.50. The molecule has 1 unspecified atom stereocenters. The molecule has 3 heteroatoms. The Hall–Kier alpha value is -0.410. The van der Waals surface area contributed by atoms with E-state index in [1.165, 1.54) is 38.5 Å². The third-order valence-electron chi connectivity index (χ3n) is 3.74. The van der Waals surface area contributed by atoms with Crippen LogP contribution in [-0.4, -0.2) is 16.2 Å². The zero-order chi connectivity index (χ0) is 12.1. The average molecular weight is 253 g/mol. The third-order valence-corrected chi connectivity index (χ3v) is 4.57. The lowest BCUT2D eigenvalue weighted by Gasteiger charge is -2.22. The molecular formula is C14H23NOS. The van der Waals surface area contributed by atoms with E-state index in [9.17, 15) is 5.11 Å². The van der Waals surface area contributed by atoms with Crippen molar-refractivity contribution in [2.75, 3.05) is 0 Å². The van der Waals surface area contributed by atoms with Gasteiger partial charge in [-0.1, -0.05) is 32.1 Å². The first-order chi connectivity index (χ1) is 8.24. The molecule has 1 aromatic heterocycles. The lowest BCUT2D eigenvalue weighted by molar-refractivity contribution is 0.148. The molecule has 0 amide bonds. The van der Waals surface area contributed by atoms with Crippen LogP contribution in [0.25, 0.3) is 0 Å². The van der Waals surface area contributed by atoms with Crippen molar-refractivity contribution >= 4 is 11.3 Å². The molecule has 1 aliphatic carbocycles. The molecule has 1 aliphatic rings. The van der Waals surface area contributed by atoms with E-state index < -0.39 is 0 Å². The topological polar surface area (TPSA) is 33.1 Å². The van der Waals surface area contributed by atoms with Gasteiger partial charge in [0, 0.05) is 11.8 Å². The Bertz CT molecular complexity index is 331. The standard InChI is InChI=1S/C14H23NOS/c1-11-15-13(10-17-11)9-14(16)8-7-12-5-3-2-4-6-12/h10,12,14,16H,2-9H2,1H3. The highest BCUT2D eigenvalue weighted by molar-refractivity contribution is 7.09. The van der Waals surface area contributed by atoms with Crippen molar-refractivity contribution < 1.29 is 5.11 Å². The Kier molecular flexibility index (Phi) is 4.99. The molecule has 0 aromatic carbocycles. The molecule has 1 fully saturated rings. The predicted molar refractivity (Wildman–Crippen MR) is 72.4 cm³/mol. The van der Waals surface area contributed by atoms with E-state index in [1.54, 1.807) is 11.3 Å². The smallest absolute Gasteiger partial charge is 0.0897 e. The van der Waals surface area contributed by atoms with Crippen LogP contribution >= 0.6 is 11.3 Å². The summed E-state index contributed by atoms with van der Waals surface area (Å²) in [5.74, 6) is 0.871. The third kappa shape index (κ3) is 4.40. The van der Waals surface area contributed by atoms with Crippen LogP contribution in [0.1, 0.15) is 55.6 Å². The molecule has 1 N–H and O–H groups in total. The van der Waals surface area contributed by atoms with E-state index in [0.717, 1.165) is 29.5 Å². The van der Waals surface area contributed by atoms with Gasteiger partial charge >= 0.3 is 0 Å². The molecule has 96 valence electrons. The van der Waals surface area contributed by atoms with E-state index >= 15 is 0 Å². The largest absolute Gasteiger partial charge is 0.393 e. The lowest BCUT2D eigenvalue weighted by atomic mass is 9.85. The maximum Gasteiger partial charge on any atom is 0.0897 e. The van der Waals surface area contributed by atoms with Crippen molar-refractivity contribution in [2.24, 2.45) is 5.92 Å². The van der Waals surface area contributed by atoms with Gasteiger partial charge in [-0.3, -0.25) is 0 Å². The minimum Gasteiger partial charge on any atom is -0.393 e. The van der Waals surface area contributed by atoms with Crippen molar-refractivity contribution in [2.45, 2.75) is 64.4 Å². The molecule has 1 aromatic rings. The van der Waals surface area contributed by atoms with Gasteiger partial charge in [0.2, 0.25) is 0 Å². The number of aryl methyl sites for hydroxylation is 1. The Morgan fingerprint density at radius 3 is 2.82 bits per heavy atom. The summed E-state index contributed by atoms with van der Waals surface area (Å²) >= 11 is 1.67. The summed E-state index contributed by atoms with van der Waals surface area (Å²) in [5.41, 5.74) is 1.06. The van der Waals surface area contributed by atoms with Gasteiger partial charge in [0.15, 0.2) is 0 Å². The van der Waals surface area contributed by atoms with Crippen LogP contribution in [-0.2, 0) is 6.42 Å². The first kappa shape index (κ1) is 13.0. The highest BCUT2D eigenvalue weighted by Gasteiger charge is 2.15. The Balaban J connectivity index is 1.68. The van der Waals surface area contributed by atoms with Gasteiger partial charge in [0.25, 0.3) is 0 Å². The number of thiazole rings is 1. The fourth-order valence-electron chi connectivity index (χ4n) is 2.75. The molecule has 0 aliphatic heterocycles. The summed E-state index contributed by atoms with van der Waals surface area (Å²) in [5, 5.41) is 13.2. The van der Waals surface area contributed by atoms with Crippen molar-refractivity contribution in [1.82, 2.24) is 4.98 Å². The zero-order valence-corrected chi connectivity index (χ0v) is 11.5. The fraction of sp³-hybridized carbons (Fsp3) is 0.786. The van der Waals surface area contributed by atoms with Crippen molar-refractivity contribution in [1.29, 1.82) is 0 Å². The van der Waals surface area contributed by atoms with Gasteiger partial charge in [-0.05, 0) is 25.7 Å². The molecule has 0 radical (unpaired) electrons. The molecule has 2 rings (SSSR count). The normalized spacial score (nSPS) is 19.4. The zero-order valence-electron chi connectivity index (χ0n) is 10.7. The Morgan fingerprint density at radius 1 is 1.41 bits per heavy atom. The monoisotopic (exact) mass is 253 g/mol. The van der Waals surface area contributed by atoms with Crippen molar-refractivity contribution in [3.8, 4) is 0 Å². The van der Waals surface area contributed by atoms with Crippen LogP contribution in [0.4, 0.5) is 0 Å². The number of nitrogens with zero attached hydrogens (tertiary/aromatic N) is 1. The van der Waals surface area contributed by atoms with Gasteiger partial charge < -0.3 is 5.11 Å². The van der Waals surface area contributed by atoms with Crippen molar-refractivity contribution in [3.63, 3.8) is 0 Å². The summed E-state index contributed by atoms with van der Waals surface area (Å²) < 4.78 is 0. The minimum atomic E-state index is -0.196. The van der Waals surface area contributed by atoms with Gasteiger partial charge in [-0.2, -0.15) is 0 Å². The number of hydrogen-bond donors (Lipinski definition) is 1. The van der Waals surface area contributed by atoms with E-state index in [-0.39, 0.29) is 6.10 Å². The summed E-state index contributed by atoms with van der Waals surface area (Å²) in [4.78, 5) is 4.40. The summed E-state index contributed by atoms with van der Waals surface area (Å²) in [7, 11) is 0. The Labute approximate surface area is 108 Å². The molecule has 2 nitrogen and oxygen atoms in total. The minimum absolute atomic E-state index is 0.196. The molecule has 0 spiro atoms. The number of rotatable bonds is 5. The molecule has 17 heavy (non-hydrogen) atoms. The lowest BCUT2D eigenvalue weighted by Crippen LogP contribution is -2.14. The second-order valence-corrected chi connectivity index (χ2v) is 6.36. The first-order valence-corrected chi connectivity index (χ1v) is 7.71. The van der Waals surface area contributed by atoms with Crippen LogP contribution in [0.2, 0.25) is 0 Å². The summed E-state index contributed by atoms with van der Waals surface area (Å²) in [6.07, 6.45) is 9.64. The SMILES string of the molecule is Cc1nc(CC(O)CCC2CCCCC2)cs1. The number of aromatic nitrogens is 1. The molecule has 0 saturated heterocycles. The van der Waals surface area contributed by atoms with Crippen LogP contribution in [0.3, 0.4) is 0 Å². The Morgan fingerprint density at radius 2 is 2.18 bits per heavy atom. The highest BCUT2D eigenvalue weighted by atomic mass is 32.1. The summed E-state index contributed by atoms with van der Waals surface area (Å²) in [6, 6.07) is 0. The van der Waals surface area contributed by atoms with Crippen LogP contribution < -0.4 is 0 Å². The summed E-state index contributed by atoms with van der Waals surface area (Å²) in [6.45, 7) is 2.02. The van der Waals surface area contributed by atoms with Gasteiger partial charge in [0.05, 0.1) is 16.8 Å². The quantitative estimate of drug-likeness (QED) is 0.867. The molecule has 0 bridgehead atoms. The van der Waals surface area contributed by atoms with Gasteiger partial charge in [-0.15, -0.1) is 11.3 Å². The molecule has 1 atom stereocenters. The van der Waals surface area contributed by atoms with E-state index in [4.69, 9.17) is 0 Å². The van der Waals surface area contributed by atoms with E-state index in [2.05, 4.69) is 10.4 Å². The maximum absolute atomic E-state index is 10.0. The number of aliphatic hydroxyl groups is 1. The second-order valence-electron chi connectivity index (χ2n) is 5.30. The number of aliphatic hydroxyl groups excluding tert-OH is 1. The van der Waals surface area contributed by atoms with Crippen LogP contribution in [0.5, 0.6) is 0 Å². The fourth-order valence-corrected chi connectivity index (χ4v) is 3.37. The highest BCUT2D eigenvalue weighted by Crippen LogP contribution is 2.28. The predicted octanol–water partition coefficient (Wildman–Crippen LogP) is 3.72. The molecule has 1 saturated carbocycles. The van der Waals surface area contributed by atoms with Crippen LogP contribution in [0, 0.1) is 12.8 Å². The van der Waals surface area contributed by atoms with Crippen LogP contribution in [0.15, 0.2) is 5.38 Å².